The largest absolute Gasteiger partial charge is 0.390 e. The molecule has 7 nitrogen and oxygen atoms in total. The molecule has 2 aromatic rings. The number of carbonyl (C=O) groups excluding carboxylic acids is 1. The number of halogens is 1. The van der Waals surface area contributed by atoms with E-state index in [0.29, 0.717) is 18.0 Å². The molecule has 2 aliphatic heterocycles. The maximum atomic E-state index is 13.5. The Morgan fingerprint density at radius 3 is 2.68 bits per heavy atom. The summed E-state index contributed by atoms with van der Waals surface area (Å²) in [4.78, 5) is 28.0. The second kappa shape index (κ2) is 9.06. The summed E-state index contributed by atoms with van der Waals surface area (Å²) in [5, 5.41) is 21.9. The monoisotopic (exact) mass is 487 g/mol. The standard InChI is InChI=1S/C23H26BrN3O4/c1-15-8-9-21-23(29)25(12-16-4-2-7-19(10-16)27(30)31)13-20(28)14-26(21)22(15)17-5-3-6-18(24)11-17/h2-7,10-11,15,20-22,28H,8-9,12-14H2,1H3/t15-,20-,21+,22+/m1/s1. The van der Waals surface area contributed by atoms with E-state index < -0.39 is 11.0 Å². The molecule has 0 saturated carbocycles. The summed E-state index contributed by atoms with van der Waals surface area (Å²) in [5.74, 6) is 0.337. The van der Waals surface area contributed by atoms with E-state index >= 15 is 0 Å². The maximum absolute atomic E-state index is 13.5. The Kier molecular flexibility index (Phi) is 6.41. The summed E-state index contributed by atoms with van der Waals surface area (Å²) in [7, 11) is 0. The Hall–Kier alpha value is -2.29. The zero-order chi connectivity index (χ0) is 22.1. The molecule has 4 atom stereocenters. The zero-order valence-corrected chi connectivity index (χ0v) is 18.9. The third-order valence-corrected chi connectivity index (χ3v) is 6.82. The Morgan fingerprint density at radius 2 is 1.94 bits per heavy atom. The minimum absolute atomic E-state index is 0.00292. The highest BCUT2D eigenvalue weighted by atomic mass is 79.9. The molecule has 0 unspecified atom stereocenters. The number of β-amino-alcohol motifs (C(OH)–C–C–N with tert-alkyl or cyclic N) is 1. The lowest BCUT2D eigenvalue weighted by Crippen LogP contribution is -2.51. The number of carbonyl (C=O) groups is 1. The summed E-state index contributed by atoms with van der Waals surface area (Å²) in [6, 6.07) is 14.2. The van der Waals surface area contributed by atoms with E-state index in [1.165, 1.54) is 12.1 Å². The number of hydrogen-bond acceptors (Lipinski definition) is 5. The first kappa shape index (κ1) is 21.9. The first-order valence-electron chi connectivity index (χ1n) is 10.5. The van der Waals surface area contributed by atoms with E-state index in [9.17, 15) is 20.0 Å². The van der Waals surface area contributed by atoms with Crippen LogP contribution in [0.25, 0.3) is 0 Å². The van der Waals surface area contributed by atoms with Crippen LogP contribution in [0, 0.1) is 16.0 Å². The van der Waals surface area contributed by atoms with E-state index in [1.807, 2.05) is 12.1 Å². The van der Waals surface area contributed by atoms with Gasteiger partial charge in [-0.2, -0.15) is 0 Å². The Balaban J connectivity index is 1.61. The average molecular weight is 488 g/mol. The predicted molar refractivity (Wildman–Crippen MR) is 120 cm³/mol. The van der Waals surface area contributed by atoms with Gasteiger partial charge in [-0.25, -0.2) is 0 Å². The summed E-state index contributed by atoms with van der Waals surface area (Å²) in [6.07, 6.45) is 0.973. The smallest absolute Gasteiger partial charge is 0.269 e. The molecule has 31 heavy (non-hydrogen) atoms. The van der Waals surface area contributed by atoms with Gasteiger partial charge >= 0.3 is 0 Å². The number of piperidine rings is 1. The molecular weight excluding hydrogens is 462 g/mol. The van der Waals surface area contributed by atoms with Crippen molar-refractivity contribution in [3.63, 3.8) is 0 Å². The third-order valence-electron chi connectivity index (χ3n) is 6.33. The number of aliphatic hydroxyl groups is 1. The molecule has 2 aliphatic rings. The quantitative estimate of drug-likeness (QED) is 0.521. The van der Waals surface area contributed by atoms with Crippen molar-refractivity contribution in [3.05, 3.63) is 74.2 Å². The van der Waals surface area contributed by atoms with E-state index in [4.69, 9.17) is 0 Å². The molecule has 0 aromatic heterocycles. The fraction of sp³-hybridized carbons (Fsp3) is 0.435. The summed E-state index contributed by atoms with van der Waals surface area (Å²) in [6.45, 7) is 3.08. The molecule has 2 heterocycles. The zero-order valence-electron chi connectivity index (χ0n) is 17.4. The topological polar surface area (TPSA) is 86.9 Å². The molecule has 1 N–H and O–H groups in total. The summed E-state index contributed by atoms with van der Waals surface area (Å²) < 4.78 is 0.994. The van der Waals surface area contributed by atoms with Gasteiger partial charge in [0.25, 0.3) is 5.69 Å². The number of aliphatic hydroxyl groups excluding tert-OH is 1. The van der Waals surface area contributed by atoms with Crippen molar-refractivity contribution in [2.45, 2.75) is 44.5 Å². The van der Waals surface area contributed by atoms with Gasteiger partial charge in [0.1, 0.15) is 0 Å². The fourth-order valence-electron chi connectivity index (χ4n) is 4.97. The van der Waals surface area contributed by atoms with Crippen molar-refractivity contribution in [1.29, 1.82) is 0 Å². The van der Waals surface area contributed by atoms with Crippen LogP contribution in [-0.4, -0.2) is 51.0 Å². The number of hydrogen-bond donors (Lipinski definition) is 1. The molecule has 2 saturated heterocycles. The van der Waals surface area contributed by atoms with Crippen molar-refractivity contribution in [1.82, 2.24) is 9.80 Å². The lowest BCUT2D eigenvalue weighted by Gasteiger charge is -2.44. The number of nitrogens with zero attached hydrogens (tertiary/aromatic N) is 3. The van der Waals surface area contributed by atoms with Gasteiger partial charge in [-0.1, -0.05) is 47.1 Å². The molecule has 2 fully saturated rings. The molecular formula is C23H26BrN3O4. The maximum Gasteiger partial charge on any atom is 0.269 e. The minimum atomic E-state index is -0.687. The number of fused-ring (bicyclic) bond motifs is 1. The number of rotatable bonds is 4. The molecule has 164 valence electrons. The van der Waals surface area contributed by atoms with Gasteiger partial charge in [-0.3, -0.25) is 19.8 Å². The second-order valence-electron chi connectivity index (χ2n) is 8.57. The highest BCUT2D eigenvalue weighted by Gasteiger charge is 2.44. The van der Waals surface area contributed by atoms with Crippen molar-refractivity contribution >= 4 is 27.5 Å². The van der Waals surface area contributed by atoms with Gasteiger partial charge in [0, 0.05) is 42.3 Å². The molecule has 0 radical (unpaired) electrons. The number of nitro benzene ring substituents is 1. The fourth-order valence-corrected chi connectivity index (χ4v) is 5.39. The lowest BCUT2D eigenvalue weighted by molar-refractivity contribution is -0.384. The van der Waals surface area contributed by atoms with Crippen molar-refractivity contribution in [3.8, 4) is 0 Å². The Morgan fingerprint density at radius 1 is 1.16 bits per heavy atom. The van der Waals surface area contributed by atoms with Crippen LogP contribution in [0.2, 0.25) is 0 Å². The molecule has 2 aromatic carbocycles. The third kappa shape index (κ3) is 4.66. The molecule has 0 bridgehead atoms. The van der Waals surface area contributed by atoms with Crippen LogP contribution in [0.5, 0.6) is 0 Å². The number of nitro groups is 1. The Labute approximate surface area is 189 Å². The van der Waals surface area contributed by atoms with Crippen LogP contribution in [0.1, 0.15) is 36.9 Å². The number of non-ortho nitro benzene ring substituents is 1. The van der Waals surface area contributed by atoms with Gasteiger partial charge in [-0.15, -0.1) is 0 Å². The highest BCUT2D eigenvalue weighted by molar-refractivity contribution is 9.10. The van der Waals surface area contributed by atoms with E-state index in [1.54, 1.807) is 17.0 Å². The summed E-state index contributed by atoms with van der Waals surface area (Å²) >= 11 is 3.55. The van der Waals surface area contributed by atoms with Gasteiger partial charge in [0.15, 0.2) is 0 Å². The Bertz CT molecular complexity index is 985. The normalized spacial score (nSPS) is 26.9. The second-order valence-corrected chi connectivity index (χ2v) is 9.48. The first-order valence-corrected chi connectivity index (χ1v) is 11.3. The van der Waals surface area contributed by atoms with Crippen LogP contribution in [0.15, 0.2) is 53.0 Å². The summed E-state index contributed by atoms with van der Waals surface area (Å²) in [5.41, 5.74) is 1.83. The van der Waals surface area contributed by atoms with Crippen LogP contribution < -0.4 is 0 Å². The molecule has 8 heteroatoms. The van der Waals surface area contributed by atoms with Crippen LogP contribution in [-0.2, 0) is 11.3 Å². The van der Waals surface area contributed by atoms with E-state index in [2.05, 4.69) is 39.9 Å². The minimum Gasteiger partial charge on any atom is -0.390 e. The van der Waals surface area contributed by atoms with Crippen LogP contribution >= 0.6 is 15.9 Å². The number of amides is 1. The van der Waals surface area contributed by atoms with Crippen molar-refractivity contribution in [2.75, 3.05) is 13.1 Å². The van der Waals surface area contributed by atoms with Crippen molar-refractivity contribution in [2.24, 2.45) is 5.92 Å². The molecule has 0 aliphatic carbocycles. The predicted octanol–water partition coefficient (Wildman–Crippen LogP) is 3.90. The SMILES string of the molecule is C[C@@H]1CC[C@H]2C(=O)N(Cc3cccc([N+](=O)[O-])c3)C[C@@H](O)CN2[C@@H]1c1cccc(Br)c1. The highest BCUT2D eigenvalue weighted by Crippen LogP contribution is 2.41. The number of benzene rings is 2. The molecule has 0 spiro atoms. The molecule has 4 rings (SSSR count). The van der Waals surface area contributed by atoms with E-state index in [0.717, 1.165) is 22.9 Å². The van der Waals surface area contributed by atoms with E-state index in [-0.39, 0.29) is 36.8 Å². The van der Waals surface area contributed by atoms with Crippen LogP contribution in [0.3, 0.4) is 0 Å². The van der Waals surface area contributed by atoms with Gasteiger partial charge < -0.3 is 10.0 Å². The van der Waals surface area contributed by atoms with Crippen LogP contribution in [0.4, 0.5) is 5.69 Å². The lowest BCUT2D eigenvalue weighted by atomic mass is 9.82. The van der Waals surface area contributed by atoms with Gasteiger partial charge in [0.05, 0.1) is 17.1 Å². The first-order chi connectivity index (χ1) is 14.8. The van der Waals surface area contributed by atoms with Crippen molar-refractivity contribution < 1.29 is 14.8 Å². The average Bonchev–Trinajstić information content (AvgIpc) is 2.84. The van der Waals surface area contributed by atoms with Gasteiger partial charge in [-0.05, 0) is 42.0 Å². The van der Waals surface area contributed by atoms with Gasteiger partial charge in [0.2, 0.25) is 5.91 Å². The molecule has 1 amide bonds.